The normalized spacial score (nSPS) is 16.3. The predicted molar refractivity (Wildman–Crippen MR) is 121 cm³/mol. The van der Waals surface area contributed by atoms with Crippen molar-refractivity contribution in [2.24, 2.45) is 0 Å². The molecule has 1 N–H and O–H groups in total. The van der Waals surface area contributed by atoms with Gasteiger partial charge in [-0.3, -0.25) is 14.5 Å². The Kier molecular flexibility index (Phi) is 6.35. The van der Waals surface area contributed by atoms with Gasteiger partial charge in [-0.1, -0.05) is 25.0 Å². The fourth-order valence-corrected chi connectivity index (χ4v) is 5.00. The summed E-state index contributed by atoms with van der Waals surface area (Å²) < 4.78 is 5.88. The van der Waals surface area contributed by atoms with Crippen LogP contribution in [0.2, 0.25) is 0 Å². The van der Waals surface area contributed by atoms with E-state index in [2.05, 4.69) is 27.7 Å². The van der Waals surface area contributed by atoms with Gasteiger partial charge < -0.3 is 9.73 Å². The highest BCUT2D eigenvalue weighted by Gasteiger charge is 2.24. The van der Waals surface area contributed by atoms with E-state index < -0.39 is 0 Å². The molecule has 0 spiro atoms. The minimum absolute atomic E-state index is 0.0713. The highest BCUT2D eigenvalue weighted by atomic mass is 32.1. The zero-order valence-corrected chi connectivity index (χ0v) is 18.4. The molecule has 1 aliphatic rings. The van der Waals surface area contributed by atoms with Crippen LogP contribution in [-0.2, 0) is 0 Å². The van der Waals surface area contributed by atoms with Crippen molar-refractivity contribution in [1.29, 1.82) is 0 Å². The van der Waals surface area contributed by atoms with Crippen LogP contribution in [0.15, 0.2) is 44.9 Å². The van der Waals surface area contributed by atoms with E-state index in [9.17, 15) is 9.59 Å². The Labute approximate surface area is 180 Å². The van der Waals surface area contributed by atoms with E-state index in [4.69, 9.17) is 4.42 Å². The molecule has 30 heavy (non-hydrogen) atoms. The maximum atomic E-state index is 12.9. The number of thiophene rings is 1. The summed E-state index contributed by atoms with van der Waals surface area (Å²) in [4.78, 5) is 29.2. The molecule has 3 aromatic rings. The Balaban J connectivity index is 1.56. The van der Waals surface area contributed by atoms with Gasteiger partial charge in [-0.05, 0) is 68.4 Å². The van der Waals surface area contributed by atoms with Gasteiger partial charge in [-0.2, -0.15) is 0 Å². The van der Waals surface area contributed by atoms with Gasteiger partial charge in [-0.15, -0.1) is 11.3 Å². The number of hydrogen-bond donors (Lipinski definition) is 1. The summed E-state index contributed by atoms with van der Waals surface area (Å²) in [6.45, 7) is 6.46. The molecule has 0 bridgehead atoms. The lowest BCUT2D eigenvalue weighted by atomic mass is 10.1. The van der Waals surface area contributed by atoms with E-state index in [0.717, 1.165) is 24.2 Å². The van der Waals surface area contributed by atoms with Gasteiger partial charge >= 0.3 is 0 Å². The van der Waals surface area contributed by atoms with Gasteiger partial charge in [-0.25, -0.2) is 0 Å². The molecule has 0 radical (unpaired) electrons. The number of amides is 1. The molecule has 0 aliphatic carbocycles. The summed E-state index contributed by atoms with van der Waals surface area (Å²) in [5, 5.41) is 5.61. The monoisotopic (exact) mass is 424 g/mol. The lowest BCUT2D eigenvalue weighted by molar-refractivity contribution is 0.0907. The number of nitrogens with zero attached hydrogens (tertiary/aromatic N) is 1. The summed E-state index contributed by atoms with van der Waals surface area (Å²) in [5.74, 6) is -0.270. The van der Waals surface area contributed by atoms with Gasteiger partial charge in [0.2, 0.25) is 0 Å². The van der Waals surface area contributed by atoms with Crippen LogP contribution in [0.1, 0.15) is 58.3 Å². The lowest BCUT2D eigenvalue weighted by Gasteiger charge is -2.30. The Morgan fingerprint density at radius 3 is 2.63 bits per heavy atom. The lowest BCUT2D eigenvalue weighted by Crippen LogP contribution is -2.38. The van der Waals surface area contributed by atoms with Gasteiger partial charge in [0, 0.05) is 17.5 Å². The highest BCUT2D eigenvalue weighted by molar-refractivity contribution is 7.10. The first-order valence-corrected chi connectivity index (χ1v) is 11.5. The fraction of sp³-hybridized carbons (Fsp3) is 0.417. The first kappa shape index (κ1) is 20.8. The van der Waals surface area contributed by atoms with Crippen molar-refractivity contribution in [2.45, 2.75) is 45.6 Å². The van der Waals surface area contributed by atoms with Crippen LogP contribution in [0.5, 0.6) is 0 Å². The van der Waals surface area contributed by atoms with Crippen LogP contribution in [0.3, 0.4) is 0 Å². The van der Waals surface area contributed by atoms with Gasteiger partial charge in [0.05, 0.1) is 11.4 Å². The Hall–Kier alpha value is -2.44. The van der Waals surface area contributed by atoms with Crippen LogP contribution in [0.25, 0.3) is 11.0 Å². The Bertz CT molecular complexity index is 1080. The Morgan fingerprint density at radius 1 is 1.17 bits per heavy atom. The third-order valence-electron chi connectivity index (χ3n) is 6.05. The molecular formula is C24H28N2O3S. The first-order valence-electron chi connectivity index (χ1n) is 10.6. The molecule has 0 saturated carbocycles. The molecule has 1 atom stereocenters. The average Bonchev–Trinajstić information content (AvgIpc) is 3.13. The quantitative estimate of drug-likeness (QED) is 0.638. The Morgan fingerprint density at radius 2 is 1.93 bits per heavy atom. The molecule has 5 nitrogen and oxygen atoms in total. The van der Waals surface area contributed by atoms with Crippen molar-refractivity contribution in [3.63, 3.8) is 0 Å². The van der Waals surface area contributed by atoms with E-state index in [1.807, 2.05) is 19.9 Å². The number of benzene rings is 1. The number of carbonyl (C=O) groups excluding carboxylic acids is 1. The number of nitrogens with one attached hydrogen (secondary N) is 1. The first-order chi connectivity index (χ1) is 14.5. The van der Waals surface area contributed by atoms with Crippen molar-refractivity contribution in [1.82, 2.24) is 10.2 Å². The topological polar surface area (TPSA) is 62.6 Å². The molecule has 1 amide bonds. The zero-order chi connectivity index (χ0) is 21.1. The zero-order valence-electron chi connectivity index (χ0n) is 17.6. The summed E-state index contributed by atoms with van der Waals surface area (Å²) in [6.07, 6.45) is 4.91. The second-order valence-corrected chi connectivity index (χ2v) is 9.03. The largest absolute Gasteiger partial charge is 0.450 e. The highest BCUT2D eigenvalue weighted by Crippen LogP contribution is 2.27. The molecule has 0 unspecified atom stereocenters. The van der Waals surface area contributed by atoms with Crippen molar-refractivity contribution >= 4 is 28.2 Å². The number of likely N-dealkylation sites (tertiary alicyclic amines) is 1. The fourth-order valence-electron chi connectivity index (χ4n) is 4.14. The molecule has 1 aliphatic heterocycles. The molecule has 1 saturated heterocycles. The van der Waals surface area contributed by atoms with Crippen molar-refractivity contribution in [2.75, 3.05) is 19.6 Å². The summed E-state index contributed by atoms with van der Waals surface area (Å²) >= 11 is 1.72. The van der Waals surface area contributed by atoms with E-state index in [1.54, 1.807) is 17.4 Å². The molecule has 1 aromatic carbocycles. The number of fused-ring (bicyclic) bond motifs is 1. The van der Waals surface area contributed by atoms with Gasteiger partial charge in [0.25, 0.3) is 5.91 Å². The SMILES string of the molecule is Cc1ccc2c(=O)cc(C(=O)NC[C@@H](c3cccs3)N3CCCCCC3)oc2c1C. The van der Waals surface area contributed by atoms with Gasteiger partial charge in [0.15, 0.2) is 11.2 Å². The molecule has 158 valence electrons. The van der Waals surface area contributed by atoms with E-state index in [0.29, 0.717) is 17.5 Å². The molecule has 3 heterocycles. The predicted octanol–water partition coefficient (Wildman–Crippen LogP) is 4.82. The van der Waals surface area contributed by atoms with Crippen LogP contribution in [-0.4, -0.2) is 30.4 Å². The number of aryl methyl sites for hydroxylation is 2. The average molecular weight is 425 g/mol. The van der Waals surface area contributed by atoms with Crippen LogP contribution >= 0.6 is 11.3 Å². The minimum Gasteiger partial charge on any atom is -0.450 e. The maximum Gasteiger partial charge on any atom is 0.287 e. The van der Waals surface area contributed by atoms with Crippen LogP contribution in [0.4, 0.5) is 0 Å². The summed E-state index contributed by atoms with van der Waals surface area (Å²) in [5.41, 5.74) is 2.23. The second kappa shape index (κ2) is 9.14. The van der Waals surface area contributed by atoms with Crippen LogP contribution in [0, 0.1) is 13.8 Å². The molecular weight excluding hydrogens is 396 g/mol. The van der Waals surface area contributed by atoms with E-state index in [-0.39, 0.29) is 23.1 Å². The maximum absolute atomic E-state index is 12.9. The third-order valence-corrected chi connectivity index (χ3v) is 7.02. The minimum atomic E-state index is -0.341. The van der Waals surface area contributed by atoms with Crippen molar-refractivity contribution < 1.29 is 9.21 Å². The molecule has 2 aromatic heterocycles. The van der Waals surface area contributed by atoms with Crippen molar-refractivity contribution in [3.8, 4) is 0 Å². The number of carbonyl (C=O) groups is 1. The molecule has 1 fully saturated rings. The third kappa shape index (κ3) is 4.35. The van der Waals surface area contributed by atoms with Crippen LogP contribution < -0.4 is 10.7 Å². The standard InChI is InChI=1S/C24H28N2O3S/c1-16-9-10-18-20(27)14-21(29-23(18)17(16)2)24(28)25-15-19(22-8-7-13-30-22)26-11-5-3-4-6-12-26/h7-10,13-14,19H,3-6,11-12,15H2,1-2H3,(H,25,28)/t19-/m0/s1. The second-order valence-electron chi connectivity index (χ2n) is 8.05. The smallest absolute Gasteiger partial charge is 0.287 e. The summed E-state index contributed by atoms with van der Waals surface area (Å²) in [6, 6.07) is 9.30. The molecule has 6 heteroatoms. The van der Waals surface area contributed by atoms with Crippen molar-refractivity contribution in [3.05, 3.63) is 67.7 Å². The molecule has 4 rings (SSSR count). The summed E-state index contributed by atoms with van der Waals surface area (Å²) in [7, 11) is 0. The van der Waals surface area contributed by atoms with E-state index in [1.165, 1.54) is 36.6 Å². The van der Waals surface area contributed by atoms with Gasteiger partial charge in [0.1, 0.15) is 5.58 Å². The van der Waals surface area contributed by atoms with E-state index >= 15 is 0 Å². The number of hydrogen-bond acceptors (Lipinski definition) is 5. The number of rotatable bonds is 5.